The predicted octanol–water partition coefficient (Wildman–Crippen LogP) is 2.17. The molecule has 4 heterocycles. The molecule has 9 heteroatoms. The van der Waals surface area contributed by atoms with E-state index in [0.717, 1.165) is 47.6 Å². The van der Waals surface area contributed by atoms with E-state index in [0.29, 0.717) is 24.4 Å². The second-order valence-electron chi connectivity index (χ2n) is 9.15. The van der Waals surface area contributed by atoms with E-state index in [1.807, 2.05) is 4.90 Å². The zero-order valence-corrected chi connectivity index (χ0v) is 18.4. The summed E-state index contributed by atoms with van der Waals surface area (Å²) in [6.45, 7) is 5.39. The number of nitrogens with zero attached hydrogens (tertiary/aromatic N) is 4. The maximum atomic E-state index is 13.5. The van der Waals surface area contributed by atoms with Gasteiger partial charge in [0.05, 0.1) is 19.3 Å². The van der Waals surface area contributed by atoms with E-state index in [1.54, 1.807) is 0 Å². The van der Waals surface area contributed by atoms with Gasteiger partial charge in [-0.25, -0.2) is 27.2 Å². The Morgan fingerprint density at radius 1 is 1.10 bits per heavy atom. The van der Waals surface area contributed by atoms with Crippen molar-refractivity contribution < 1.29 is 18.0 Å². The minimum Gasteiger partial charge on any atom is -0.321 e. The number of rotatable bonds is 4. The van der Waals surface area contributed by atoms with E-state index in [9.17, 15) is 18.0 Å². The highest BCUT2D eigenvalue weighted by Gasteiger charge is 2.51. The SMILES string of the molecule is CCCC[C@@H]1[C@H]2CCCN3CCC[C@@H](CN1C(=O)N1CCN(S(C)(=O)=O)C1=O)[C@@H]23. The van der Waals surface area contributed by atoms with Crippen LogP contribution in [0.4, 0.5) is 9.59 Å². The molecule has 0 aliphatic carbocycles. The molecule has 0 saturated carbocycles. The summed E-state index contributed by atoms with van der Waals surface area (Å²) in [7, 11) is -3.64. The van der Waals surface area contributed by atoms with Gasteiger partial charge in [0.1, 0.15) is 0 Å². The Balaban J connectivity index is 1.59. The largest absolute Gasteiger partial charge is 0.341 e. The van der Waals surface area contributed by atoms with Gasteiger partial charge in [-0.05, 0) is 57.0 Å². The van der Waals surface area contributed by atoms with Crippen molar-refractivity contribution in [1.29, 1.82) is 0 Å². The Morgan fingerprint density at radius 3 is 2.48 bits per heavy atom. The van der Waals surface area contributed by atoms with Gasteiger partial charge < -0.3 is 4.90 Å². The van der Waals surface area contributed by atoms with Crippen LogP contribution < -0.4 is 0 Å². The van der Waals surface area contributed by atoms with Crippen LogP contribution in [0.3, 0.4) is 0 Å². The number of hydrogen-bond donors (Lipinski definition) is 0. The Kier molecular flexibility index (Phi) is 5.81. The lowest BCUT2D eigenvalue weighted by Crippen LogP contribution is -2.66. The molecule has 4 saturated heterocycles. The van der Waals surface area contributed by atoms with Gasteiger partial charge in [0, 0.05) is 18.6 Å². The number of imide groups is 1. The number of urea groups is 2. The van der Waals surface area contributed by atoms with Gasteiger partial charge in [0.2, 0.25) is 10.0 Å². The van der Waals surface area contributed by atoms with Crippen LogP contribution in [0.25, 0.3) is 0 Å². The fraction of sp³-hybridized carbons (Fsp3) is 0.900. The summed E-state index contributed by atoms with van der Waals surface area (Å²) in [4.78, 5) is 31.9. The fourth-order valence-corrected chi connectivity index (χ4v) is 6.95. The van der Waals surface area contributed by atoms with Crippen LogP contribution in [0.5, 0.6) is 0 Å². The second-order valence-corrected chi connectivity index (χ2v) is 11.1. The van der Waals surface area contributed by atoms with Gasteiger partial charge >= 0.3 is 12.1 Å². The molecule has 4 rings (SSSR count). The van der Waals surface area contributed by atoms with Gasteiger partial charge in [0.25, 0.3) is 0 Å². The van der Waals surface area contributed by atoms with Gasteiger partial charge in [-0.1, -0.05) is 19.8 Å². The molecule has 0 aromatic rings. The summed E-state index contributed by atoms with van der Waals surface area (Å²) in [5.74, 6) is 0.918. The molecule has 0 aromatic carbocycles. The summed E-state index contributed by atoms with van der Waals surface area (Å²) in [5, 5.41) is 0. The van der Waals surface area contributed by atoms with Crippen LogP contribution in [0.1, 0.15) is 51.9 Å². The molecule has 4 aliphatic rings. The second kappa shape index (κ2) is 8.06. The third-order valence-electron chi connectivity index (χ3n) is 7.37. The Morgan fingerprint density at radius 2 is 1.83 bits per heavy atom. The van der Waals surface area contributed by atoms with Crippen molar-refractivity contribution in [1.82, 2.24) is 19.0 Å². The fourth-order valence-electron chi connectivity index (χ4n) is 6.16. The lowest BCUT2D eigenvalue weighted by Gasteiger charge is -2.57. The Labute approximate surface area is 174 Å². The van der Waals surface area contributed by atoms with E-state index < -0.39 is 16.1 Å². The van der Waals surface area contributed by atoms with Crippen molar-refractivity contribution in [2.75, 3.05) is 39.0 Å². The minimum atomic E-state index is -3.64. The Bertz CT molecular complexity index is 756. The van der Waals surface area contributed by atoms with Crippen LogP contribution >= 0.6 is 0 Å². The van der Waals surface area contributed by atoms with E-state index >= 15 is 0 Å². The highest BCUT2D eigenvalue weighted by Crippen LogP contribution is 2.43. The van der Waals surface area contributed by atoms with Crippen molar-refractivity contribution in [2.45, 2.75) is 64.0 Å². The standard InChI is InChI=1S/C20H34N4O4S/c1-3-4-9-17-16-8-6-11-21-10-5-7-15(18(16)21)14-23(17)19(25)22-12-13-24(20(22)26)29(2,27)28/h15-18H,3-14H2,1-2H3/t15-,16+,17+,18-/m0/s1. The molecule has 4 fully saturated rings. The molecule has 0 aromatic heterocycles. The molecule has 164 valence electrons. The topological polar surface area (TPSA) is 81.2 Å². The quantitative estimate of drug-likeness (QED) is 0.688. The molecule has 0 bridgehead atoms. The monoisotopic (exact) mass is 426 g/mol. The molecule has 0 radical (unpaired) electrons. The van der Waals surface area contributed by atoms with Gasteiger partial charge in [-0.15, -0.1) is 0 Å². The summed E-state index contributed by atoms with van der Waals surface area (Å²) in [6, 6.07) is -0.277. The number of piperidine rings is 3. The van der Waals surface area contributed by atoms with Crippen molar-refractivity contribution >= 4 is 22.1 Å². The number of carbonyl (C=O) groups is 2. The maximum absolute atomic E-state index is 13.5. The number of likely N-dealkylation sites (tertiary alicyclic amines) is 1. The summed E-state index contributed by atoms with van der Waals surface area (Å²) in [5.41, 5.74) is 0. The molecule has 29 heavy (non-hydrogen) atoms. The van der Waals surface area contributed by atoms with Crippen molar-refractivity contribution in [3.63, 3.8) is 0 Å². The van der Waals surface area contributed by atoms with Crippen LogP contribution in [0.2, 0.25) is 0 Å². The van der Waals surface area contributed by atoms with E-state index in [1.165, 1.54) is 25.9 Å². The molecular formula is C20H34N4O4S. The highest BCUT2D eigenvalue weighted by atomic mass is 32.2. The minimum absolute atomic E-state index is 0.0557. The highest BCUT2D eigenvalue weighted by molar-refractivity contribution is 7.88. The summed E-state index contributed by atoms with van der Waals surface area (Å²) < 4.78 is 24.6. The molecule has 0 spiro atoms. The lowest BCUT2D eigenvalue weighted by molar-refractivity contribution is -0.0656. The molecular weight excluding hydrogens is 392 g/mol. The number of unbranched alkanes of at least 4 members (excludes halogenated alkanes) is 1. The summed E-state index contributed by atoms with van der Waals surface area (Å²) >= 11 is 0. The maximum Gasteiger partial charge on any atom is 0.341 e. The van der Waals surface area contributed by atoms with E-state index in [2.05, 4.69) is 11.8 Å². The normalized spacial score (nSPS) is 33.2. The van der Waals surface area contributed by atoms with Crippen molar-refractivity contribution in [3.05, 3.63) is 0 Å². The van der Waals surface area contributed by atoms with Crippen molar-refractivity contribution in [2.24, 2.45) is 11.8 Å². The molecule has 8 nitrogen and oxygen atoms in total. The zero-order chi connectivity index (χ0) is 20.8. The van der Waals surface area contributed by atoms with E-state index in [4.69, 9.17) is 0 Å². The lowest BCUT2D eigenvalue weighted by atomic mass is 9.69. The molecule has 4 atom stereocenters. The van der Waals surface area contributed by atoms with Crippen LogP contribution in [0.15, 0.2) is 0 Å². The number of amides is 4. The van der Waals surface area contributed by atoms with Gasteiger partial charge in [0.15, 0.2) is 0 Å². The van der Waals surface area contributed by atoms with Gasteiger partial charge in [-0.2, -0.15) is 0 Å². The third kappa shape index (κ3) is 3.76. The summed E-state index contributed by atoms with van der Waals surface area (Å²) in [6.07, 6.45) is 8.72. The van der Waals surface area contributed by atoms with Crippen LogP contribution in [-0.2, 0) is 10.0 Å². The predicted molar refractivity (Wildman–Crippen MR) is 110 cm³/mol. The first kappa shape index (κ1) is 20.9. The van der Waals surface area contributed by atoms with Crippen LogP contribution in [0, 0.1) is 11.8 Å². The molecule has 0 N–H and O–H groups in total. The number of sulfonamides is 1. The average molecular weight is 427 g/mol. The smallest absolute Gasteiger partial charge is 0.321 e. The molecule has 0 unspecified atom stereocenters. The first-order chi connectivity index (χ1) is 13.8. The third-order valence-corrected chi connectivity index (χ3v) is 8.51. The molecule has 4 aliphatic heterocycles. The van der Waals surface area contributed by atoms with Crippen LogP contribution in [-0.4, -0.2) is 90.5 Å². The first-order valence-electron chi connectivity index (χ1n) is 11.2. The molecule has 4 amide bonds. The number of hydrogen-bond acceptors (Lipinski definition) is 5. The Hall–Kier alpha value is -1.35. The van der Waals surface area contributed by atoms with Crippen molar-refractivity contribution in [3.8, 4) is 0 Å². The average Bonchev–Trinajstić information content (AvgIpc) is 3.08. The first-order valence-corrected chi connectivity index (χ1v) is 13.0. The number of carbonyl (C=O) groups excluding carboxylic acids is 2. The zero-order valence-electron chi connectivity index (χ0n) is 17.6. The van der Waals surface area contributed by atoms with Gasteiger partial charge in [-0.3, -0.25) is 4.90 Å². The van der Waals surface area contributed by atoms with E-state index in [-0.39, 0.29) is 25.2 Å².